The fourth-order valence-corrected chi connectivity index (χ4v) is 3.21. The zero-order valence-corrected chi connectivity index (χ0v) is 12.0. The van der Waals surface area contributed by atoms with E-state index in [9.17, 15) is 0 Å². The zero-order valence-electron chi connectivity index (χ0n) is 11.3. The molecule has 0 aromatic heterocycles. The van der Waals surface area contributed by atoms with Crippen LogP contribution in [0.5, 0.6) is 0 Å². The predicted molar refractivity (Wildman–Crippen MR) is 75.3 cm³/mol. The lowest BCUT2D eigenvalue weighted by Gasteiger charge is -2.40. The Morgan fingerprint density at radius 2 is 1.89 bits per heavy atom. The van der Waals surface area contributed by atoms with Crippen molar-refractivity contribution in [1.29, 1.82) is 0 Å². The van der Waals surface area contributed by atoms with Crippen LogP contribution in [0.2, 0.25) is 5.02 Å². The van der Waals surface area contributed by atoms with Crippen molar-refractivity contribution in [2.24, 2.45) is 0 Å². The summed E-state index contributed by atoms with van der Waals surface area (Å²) in [4.78, 5) is 2.47. The molecule has 0 bridgehead atoms. The molecule has 1 spiro atoms. The van der Waals surface area contributed by atoms with E-state index in [1.165, 1.54) is 5.56 Å². The molecule has 104 valence electrons. The van der Waals surface area contributed by atoms with Crippen molar-refractivity contribution in [3.05, 3.63) is 34.9 Å². The second-order valence-corrected chi connectivity index (χ2v) is 5.81. The van der Waals surface area contributed by atoms with Crippen LogP contribution in [0.15, 0.2) is 24.3 Å². The van der Waals surface area contributed by atoms with Crippen molar-refractivity contribution in [3.8, 4) is 0 Å². The van der Waals surface area contributed by atoms with Crippen molar-refractivity contribution < 1.29 is 9.47 Å². The molecule has 3 nitrogen and oxygen atoms in total. The van der Waals surface area contributed by atoms with E-state index >= 15 is 0 Å². The van der Waals surface area contributed by atoms with Gasteiger partial charge in [0.25, 0.3) is 0 Å². The average Bonchev–Trinajstić information content (AvgIpc) is 2.87. The lowest BCUT2D eigenvalue weighted by atomic mass is 9.99. The number of nitrogens with zero attached hydrogens (tertiary/aromatic N) is 1. The summed E-state index contributed by atoms with van der Waals surface area (Å²) >= 11 is 6.07. The molecule has 2 aliphatic heterocycles. The Balaban J connectivity index is 1.64. The first-order chi connectivity index (χ1) is 9.19. The molecule has 2 aliphatic rings. The summed E-state index contributed by atoms with van der Waals surface area (Å²) in [5, 5.41) is 0.806. The van der Waals surface area contributed by atoms with Gasteiger partial charge >= 0.3 is 0 Å². The van der Waals surface area contributed by atoms with Crippen LogP contribution >= 0.6 is 11.6 Å². The highest BCUT2D eigenvalue weighted by atomic mass is 35.5. The van der Waals surface area contributed by atoms with Crippen LogP contribution in [0.1, 0.15) is 31.4 Å². The van der Waals surface area contributed by atoms with Crippen LogP contribution in [-0.4, -0.2) is 37.0 Å². The molecule has 1 aromatic rings. The number of hydrogen-bond donors (Lipinski definition) is 0. The average molecular weight is 282 g/mol. The monoisotopic (exact) mass is 281 g/mol. The van der Waals surface area contributed by atoms with Gasteiger partial charge in [-0.05, 0) is 24.6 Å². The second-order valence-electron chi connectivity index (χ2n) is 5.37. The molecule has 4 heteroatoms. The van der Waals surface area contributed by atoms with E-state index in [0.29, 0.717) is 6.04 Å². The van der Waals surface area contributed by atoms with Crippen molar-refractivity contribution >= 4 is 11.6 Å². The molecule has 0 aliphatic carbocycles. The third kappa shape index (κ3) is 2.79. The number of halogens is 1. The molecule has 0 N–H and O–H groups in total. The maximum atomic E-state index is 6.07. The maximum Gasteiger partial charge on any atom is 0.170 e. The molecule has 3 rings (SSSR count). The van der Waals surface area contributed by atoms with E-state index in [-0.39, 0.29) is 5.79 Å². The van der Waals surface area contributed by atoms with E-state index in [2.05, 4.69) is 24.0 Å². The molecule has 0 saturated carbocycles. The minimum atomic E-state index is -0.287. The molecule has 0 radical (unpaired) electrons. The Hall–Kier alpha value is -0.610. The lowest BCUT2D eigenvalue weighted by molar-refractivity contribution is -0.187. The van der Waals surface area contributed by atoms with Gasteiger partial charge in [0.1, 0.15) is 0 Å². The number of benzene rings is 1. The summed E-state index contributed by atoms with van der Waals surface area (Å²) in [7, 11) is 0. The zero-order chi connectivity index (χ0) is 13.3. The van der Waals surface area contributed by atoms with Crippen LogP contribution < -0.4 is 0 Å². The minimum Gasteiger partial charge on any atom is -0.347 e. The summed E-state index contributed by atoms with van der Waals surface area (Å²) in [6.07, 6.45) is 1.91. The summed E-state index contributed by atoms with van der Waals surface area (Å²) in [5.74, 6) is -0.287. The largest absolute Gasteiger partial charge is 0.347 e. The molecule has 2 saturated heterocycles. The molecule has 2 fully saturated rings. The van der Waals surface area contributed by atoms with Crippen molar-refractivity contribution in [3.63, 3.8) is 0 Å². The van der Waals surface area contributed by atoms with Crippen molar-refractivity contribution in [2.45, 2.75) is 31.6 Å². The molecule has 1 atom stereocenters. The molecule has 1 aromatic carbocycles. The van der Waals surface area contributed by atoms with Gasteiger partial charge in [-0.1, -0.05) is 23.7 Å². The summed E-state index contributed by atoms with van der Waals surface area (Å²) in [5.41, 5.74) is 1.27. The van der Waals surface area contributed by atoms with Gasteiger partial charge in [-0.2, -0.15) is 0 Å². The quantitative estimate of drug-likeness (QED) is 0.831. The van der Waals surface area contributed by atoms with Crippen LogP contribution in [-0.2, 0) is 9.47 Å². The summed E-state index contributed by atoms with van der Waals surface area (Å²) in [6.45, 7) is 5.73. The summed E-state index contributed by atoms with van der Waals surface area (Å²) < 4.78 is 11.5. The predicted octanol–water partition coefficient (Wildman–Crippen LogP) is 3.24. The van der Waals surface area contributed by atoms with Gasteiger partial charge in [0.05, 0.1) is 13.2 Å². The lowest BCUT2D eigenvalue weighted by Crippen LogP contribution is -2.45. The Morgan fingerprint density at radius 3 is 2.53 bits per heavy atom. The van der Waals surface area contributed by atoms with Crippen molar-refractivity contribution in [1.82, 2.24) is 4.90 Å². The van der Waals surface area contributed by atoms with Gasteiger partial charge in [0, 0.05) is 37.0 Å². The SMILES string of the molecule is C[C@H](c1cccc(Cl)c1)N1CCC2(CC1)OCCO2. The fourth-order valence-electron chi connectivity index (χ4n) is 3.01. The normalized spacial score (nSPS) is 24.7. The highest BCUT2D eigenvalue weighted by Gasteiger charge is 2.40. The Kier molecular flexibility index (Phi) is 3.81. The smallest absolute Gasteiger partial charge is 0.170 e. The van der Waals surface area contributed by atoms with Crippen molar-refractivity contribution in [2.75, 3.05) is 26.3 Å². The van der Waals surface area contributed by atoms with Gasteiger partial charge < -0.3 is 9.47 Å². The number of likely N-dealkylation sites (tertiary alicyclic amines) is 1. The topological polar surface area (TPSA) is 21.7 Å². The van der Waals surface area contributed by atoms with E-state index in [1.807, 2.05) is 12.1 Å². The van der Waals surface area contributed by atoms with E-state index in [1.54, 1.807) is 0 Å². The Labute approximate surface area is 119 Å². The van der Waals surface area contributed by atoms with Crippen LogP contribution in [0.3, 0.4) is 0 Å². The van der Waals surface area contributed by atoms with E-state index in [4.69, 9.17) is 21.1 Å². The van der Waals surface area contributed by atoms with Crippen LogP contribution in [0, 0.1) is 0 Å². The third-order valence-electron chi connectivity index (χ3n) is 4.25. The Bertz CT molecular complexity index is 436. The third-order valence-corrected chi connectivity index (χ3v) is 4.49. The number of ether oxygens (including phenoxy) is 2. The number of piperidine rings is 1. The van der Waals surface area contributed by atoms with Gasteiger partial charge in [-0.15, -0.1) is 0 Å². The molecule has 0 unspecified atom stereocenters. The molecule has 19 heavy (non-hydrogen) atoms. The highest BCUT2D eigenvalue weighted by Crippen LogP contribution is 2.34. The highest BCUT2D eigenvalue weighted by molar-refractivity contribution is 6.30. The summed E-state index contributed by atoms with van der Waals surface area (Å²) in [6, 6.07) is 8.52. The first-order valence-corrected chi connectivity index (χ1v) is 7.34. The molecular weight excluding hydrogens is 262 g/mol. The minimum absolute atomic E-state index is 0.287. The first kappa shape index (κ1) is 13.4. The van der Waals surface area contributed by atoms with Crippen LogP contribution in [0.4, 0.5) is 0 Å². The number of hydrogen-bond acceptors (Lipinski definition) is 3. The van der Waals surface area contributed by atoms with E-state index in [0.717, 1.165) is 44.2 Å². The van der Waals surface area contributed by atoms with Gasteiger partial charge in [-0.25, -0.2) is 0 Å². The maximum absolute atomic E-state index is 6.07. The van der Waals surface area contributed by atoms with E-state index < -0.39 is 0 Å². The fraction of sp³-hybridized carbons (Fsp3) is 0.600. The Morgan fingerprint density at radius 1 is 1.21 bits per heavy atom. The molecule has 2 heterocycles. The second kappa shape index (κ2) is 5.41. The number of rotatable bonds is 2. The van der Waals surface area contributed by atoms with Crippen LogP contribution in [0.25, 0.3) is 0 Å². The van der Waals surface area contributed by atoms with Gasteiger partial charge in [0.15, 0.2) is 5.79 Å². The molecule has 0 amide bonds. The molecular formula is C15H20ClNO2. The van der Waals surface area contributed by atoms with Gasteiger partial charge in [0.2, 0.25) is 0 Å². The first-order valence-electron chi connectivity index (χ1n) is 6.96. The standard InChI is InChI=1S/C15H20ClNO2/c1-12(13-3-2-4-14(16)11-13)17-7-5-15(6-8-17)18-9-10-19-15/h2-4,11-12H,5-10H2,1H3/t12-/m1/s1. The van der Waals surface area contributed by atoms with Gasteiger partial charge in [-0.3, -0.25) is 4.90 Å².